The number of methoxy groups -OCH3 is 1. The SMILES string of the molecule is COc1ccc2cc(C(=O)N3CCCC3C(=O)O)c(C)nc2c1.O=C(O)C(F)(F)F. The fourth-order valence-electron chi connectivity index (χ4n) is 3.01. The first-order valence-electron chi connectivity index (χ1n) is 8.75. The van der Waals surface area contributed by atoms with Crippen molar-refractivity contribution < 1.29 is 42.5 Å². The van der Waals surface area contributed by atoms with Crippen LogP contribution >= 0.6 is 0 Å². The van der Waals surface area contributed by atoms with E-state index >= 15 is 0 Å². The topological polar surface area (TPSA) is 117 Å². The van der Waals surface area contributed by atoms with Gasteiger partial charge >= 0.3 is 18.1 Å². The van der Waals surface area contributed by atoms with Crippen LogP contribution in [0.1, 0.15) is 28.9 Å². The molecular formula is C19H19F3N2O6. The van der Waals surface area contributed by atoms with Crippen LogP contribution in [0.4, 0.5) is 13.2 Å². The van der Waals surface area contributed by atoms with Gasteiger partial charge in [0.2, 0.25) is 0 Å². The highest BCUT2D eigenvalue weighted by molar-refractivity contribution is 6.00. The molecule has 30 heavy (non-hydrogen) atoms. The second-order valence-electron chi connectivity index (χ2n) is 6.48. The number of fused-ring (bicyclic) bond motifs is 1. The molecule has 3 rings (SSSR count). The number of aryl methyl sites for hydroxylation is 1. The molecule has 2 N–H and O–H groups in total. The summed E-state index contributed by atoms with van der Waals surface area (Å²) in [6, 6.07) is 6.50. The van der Waals surface area contributed by atoms with Gasteiger partial charge in [-0.25, -0.2) is 9.59 Å². The van der Waals surface area contributed by atoms with Crippen molar-refractivity contribution in [2.24, 2.45) is 0 Å². The Morgan fingerprint density at radius 3 is 2.37 bits per heavy atom. The predicted octanol–water partition coefficient (Wildman–Crippen LogP) is 2.87. The standard InChI is InChI=1S/C17H18N2O4.C2HF3O2/c1-10-13(16(20)19-7-3-4-15(19)17(21)22)8-11-5-6-12(23-2)9-14(11)18-10;3-2(4,5)1(6)7/h5-6,8-9,15H,3-4,7H2,1-2H3,(H,21,22);(H,6,7). The zero-order chi connectivity index (χ0) is 22.6. The first-order valence-corrected chi connectivity index (χ1v) is 8.75. The van der Waals surface area contributed by atoms with Crippen molar-refractivity contribution in [1.29, 1.82) is 0 Å². The average Bonchev–Trinajstić information content (AvgIpc) is 3.16. The number of aliphatic carboxylic acids is 2. The Kier molecular flexibility index (Phi) is 6.85. The van der Waals surface area contributed by atoms with Crippen molar-refractivity contribution in [1.82, 2.24) is 9.88 Å². The van der Waals surface area contributed by atoms with E-state index in [0.717, 1.165) is 10.9 Å². The Morgan fingerprint density at radius 1 is 1.20 bits per heavy atom. The van der Waals surface area contributed by atoms with Gasteiger partial charge in [0.05, 0.1) is 23.9 Å². The molecule has 1 aromatic heterocycles. The van der Waals surface area contributed by atoms with Crippen LogP contribution < -0.4 is 4.74 Å². The molecule has 0 spiro atoms. The molecule has 162 valence electrons. The van der Waals surface area contributed by atoms with Crippen molar-refractivity contribution in [3.8, 4) is 5.75 Å². The summed E-state index contributed by atoms with van der Waals surface area (Å²) >= 11 is 0. The van der Waals surface area contributed by atoms with Gasteiger partial charge in [0.15, 0.2) is 0 Å². The Bertz CT molecular complexity index is 977. The fourth-order valence-corrected chi connectivity index (χ4v) is 3.01. The monoisotopic (exact) mass is 428 g/mol. The van der Waals surface area contributed by atoms with Gasteiger partial charge < -0.3 is 19.8 Å². The molecule has 1 unspecified atom stereocenters. The molecule has 11 heteroatoms. The highest BCUT2D eigenvalue weighted by Crippen LogP contribution is 2.25. The number of alkyl halides is 3. The third-order valence-corrected chi connectivity index (χ3v) is 4.49. The molecule has 1 aliphatic heterocycles. The lowest BCUT2D eigenvalue weighted by molar-refractivity contribution is -0.192. The van der Waals surface area contributed by atoms with Gasteiger partial charge in [-0.1, -0.05) is 0 Å². The zero-order valence-electron chi connectivity index (χ0n) is 16.1. The zero-order valence-corrected chi connectivity index (χ0v) is 16.1. The first kappa shape index (κ1) is 22.9. The molecular weight excluding hydrogens is 409 g/mol. The maximum Gasteiger partial charge on any atom is 0.490 e. The molecule has 2 heterocycles. The van der Waals surface area contributed by atoms with Crippen LogP contribution in [0.5, 0.6) is 5.75 Å². The molecule has 2 aromatic rings. The minimum absolute atomic E-state index is 0.266. The molecule has 1 saturated heterocycles. The molecule has 0 bridgehead atoms. The molecule has 0 aliphatic carbocycles. The van der Waals surface area contributed by atoms with Crippen molar-refractivity contribution in [2.75, 3.05) is 13.7 Å². The van der Waals surface area contributed by atoms with E-state index in [1.165, 1.54) is 4.90 Å². The fraction of sp³-hybridized carbons (Fsp3) is 0.368. The number of likely N-dealkylation sites (tertiary alicyclic amines) is 1. The van der Waals surface area contributed by atoms with E-state index in [4.69, 9.17) is 14.6 Å². The number of carboxylic acids is 2. The lowest BCUT2D eigenvalue weighted by Gasteiger charge is -2.22. The van der Waals surface area contributed by atoms with Gasteiger partial charge in [-0.3, -0.25) is 9.78 Å². The van der Waals surface area contributed by atoms with Gasteiger partial charge in [-0.05, 0) is 38.0 Å². The Hall–Kier alpha value is -3.37. The number of nitrogens with zero attached hydrogens (tertiary/aromatic N) is 2. The van der Waals surface area contributed by atoms with Gasteiger partial charge in [0.25, 0.3) is 5.91 Å². The smallest absolute Gasteiger partial charge is 0.490 e. The summed E-state index contributed by atoms with van der Waals surface area (Å²) in [6.45, 7) is 2.23. The number of rotatable bonds is 3. The van der Waals surface area contributed by atoms with Crippen LogP contribution in [-0.4, -0.2) is 63.8 Å². The van der Waals surface area contributed by atoms with E-state index < -0.39 is 24.2 Å². The van der Waals surface area contributed by atoms with Crippen molar-refractivity contribution in [3.63, 3.8) is 0 Å². The van der Waals surface area contributed by atoms with E-state index in [0.29, 0.717) is 36.4 Å². The summed E-state index contributed by atoms with van der Waals surface area (Å²) in [4.78, 5) is 38.8. The van der Waals surface area contributed by atoms with E-state index in [1.807, 2.05) is 18.2 Å². The molecule has 1 atom stereocenters. The number of hydrogen-bond acceptors (Lipinski definition) is 5. The van der Waals surface area contributed by atoms with Crippen LogP contribution in [0.3, 0.4) is 0 Å². The second-order valence-corrected chi connectivity index (χ2v) is 6.48. The van der Waals surface area contributed by atoms with Crippen LogP contribution in [0.15, 0.2) is 24.3 Å². The summed E-state index contributed by atoms with van der Waals surface area (Å²) in [5.74, 6) is -3.27. The number of hydrogen-bond donors (Lipinski definition) is 2. The predicted molar refractivity (Wildman–Crippen MR) is 98.4 cm³/mol. The van der Waals surface area contributed by atoms with E-state index in [1.54, 1.807) is 20.1 Å². The van der Waals surface area contributed by atoms with Gasteiger partial charge in [0, 0.05) is 18.0 Å². The maximum atomic E-state index is 12.7. The Morgan fingerprint density at radius 2 is 1.83 bits per heavy atom. The molecule has 8 nitrogen and oxygen atoms in total. The number of ether oxygens (including phenoxy) is 1. The van der Waals surface area contributed by atoms with E-state index in [9.17, 15) is 27.9 Å². The molecule has 1 fully saturated rings. The normalized spacial score (nSPS) is 16.0. The summed E-state index contributed by atoms with van der Waals surface area (Å²) < 4.78 is 36.9. The van der Waals surface area contributed by atoms with Gasteiger partial charge in [0.1, 0.15) is 11.8 Å². The van der Waals surface area contributed by atoms with Crippen LogP contribution in [0.2, 0.25) is 0 Å². The highest BCUT2D eigenvalue weighted by atomic mass is 19.4. The molecule has 1 aliphatic rings. The third kappa shape index (κ3) is 5.16. The molecule has 1 aromatic carbocycles. The van der Waals surface area contributed by atoms with Crippen molar-refractivity contribution >= 4 is 28.7 Å². The molecule has 1 amide bonds. The lowest BCUT2D eigenvalue weighted by atomic mass is 10.1. The Labute approximate surface area is 168 Å². The minimum atomic E-state index is -5.08. The lowest BCUT2D eigenvalue weighted by Crippen LogP contribution is -2.40. The summed E-state index contributed by atoms with van der Waals surface area (Å²) in [7, 11) is 1.59. The van der Waals surface area contributed by atoms with Crippen LogP contribution in [0, 0.1) is 6.92 Å². The van der Waals surface area contributed by atoms with Crippen molar-refractivity contribution in [3.05, 3.63) is 35.5 Å². The summed E-state index contributed by atoms with van der Waals surface area (Å²) in [6.07, 6.45) is -3.88. The summed E-state index contributed by atoms with van der Waals surface area (Å²) in [5, 5.41) is 17.2. The number of carbonyl (C=O) groups is 3. The van der Waals surface area contributed by atoms with Crippen LogP contribution in [0.25, 0.3) is 10.9 Å². The maximum absolute atomic E-state index is 12.7. The average molecular weight is 428 g/mol. The van der Waals surface area contributed by atoms with E-state index in [2.05, 4.69) is 4.98 Å². The second kappa shape index (κ2) is 8.97. The highest BCUT2D eigenvalue weighted by Gasteiger charge is 2.38. The summed E-state index contributed by atoms with van der Waals surface area (Å²) in [5.41, 5.74) is 1.79. The van der Waals surface area contributed by atoms with Gasteiger partial charge in [-0.2, -0.15) is 13.2 Å². The number of carbonyl (C=O) groups excluding carboxylic acids is 1. The minimum Gasteiger partial charge on any atom is -0.497 e. The van der Waals surface area contributed by atoms with Gasteiger partial charge in [-0.15, -0.1) is 0 Å². The number of carboxylic acid groups (broad SMARTS) is 2. The Balaban J connectivity index is 0.000000396. The van der Waals surface area contributed by atoms with E-state index in [-0.39, 0.29) is 5.91 Å². The van der Waals surface area contributed by atoms with Crippen LogP contribution in [-0.2, 0) is 9.59 Å². The number of pyridine rings is 1. The third-order valence-electron chi connectivity index (χ3n) is 4.49. The quantitative estimate of drug-likeness (QED) is 0.772. The first-order chi connectivity index (χ1) is 14.0. The number of benzene rings is 1. The molecule has 0 saturated carbocycles. The number of amides is 1. The largest absolute Gasteiger partial charge is 0.497 e. The number of halogens is 3. The van der Waals surface area contributed by atoms with Crippen molar-refractivity contribution in [2.45, 2.75) is 32.0 Å². The number of aromatic nitrogens is 1. The molecule has 0 radical (unpaired) electrons.